The van der Waals surface area contributed by atoms with Gasteiger partial charge in [-0.2, -0.15) is 0 Å². The van der Waals surface area contributed by atoms with Gasteiger partial charge in [-0.05, 0) is 85.3 Å². The average molecular weight is 550 g/mol. The van der Waals surface area contributed by atoms with Crippen molar-refractivity contribution in [2.24, 2.45) is 0 Å². The van der Waals surface area contributed by atoms with Crippen molar-refractivity contribution in [1.82, 2.24) is 9.97 Å². The van der Waals surface area contributed by atoms with Crippen molar-refractivity contribution in [3.8, 4) is 17.6 Å². The number of ether oxygens (including phenoxy) is 1. The van der Waals surface area contributed by atoms with Gasteiger partial charge in [-0.15, -0.1) is 0 Å². The van der Waals surface area contributed by atoms with Crippen molar-refractivity contribution in [2.75, 3.05) is 0 Å². The summed E-state index contributed by atoms with van der Waals surface area (Å²) in [5.41, 5.74) is 0.797. The van der Waals surface area contributed by atoms with Gasteiger partial charge in [0.1, 0.15) is 17.9 Å². The molecule has 0 spiro atoms. The minimum Gasteiger partial charge on any atom is -0.481 e. The van der Waals surface area contributed by atoms with Gasteiger partial charge >= 0.3 is 5.82 Å². The van der Waals surface area contributed by atoms with Crippen LogP contribution in [0.5, 0.6) is 5.75 Å². The number of aromatic nitrogens is 2. The Balaban J connectivity index is 2.14. The molecule has 0 N–H and O–H groups in total. The average Bonchev–Trinajstić information content (AvgIpc) is 2.58. The monoisotopic (exact) mass is 549 g/mol. The number of rotatable bonds is 6. The summed E-state index contributed by atoms with van der Waals surface area (Å²) in [6.45, 7) is 4.22. The highest BCUT2D eigenvalue weighted by atomic mass is 127. The molecule has 2 aromatic heterocycles. The van der Waals surface area contributed by atoms with E-state index in [9.17, 15) is 10.1 Å². The Kier molecular flexibility index (Phi) is 7.70. The molecule has 136 valence electrons. The zero-order chi connectivity index (χ0) is 19.2. The molecule has 0 aliphatic heterocycles. The second-order valence-corrected chi connectivity index (χ2v) is 8.11. The lowest BCUT2D eigenvalue weighted by atomic mass is 10.1. The summed E-state index contributed by atoms with van der Waals surface area (Å²) < 4.78 is 11.7. The van der Waals surface area contributed by atoms with Crippen LogP contribution in [0.2, 0.25) is 0 Å². The Morgan fingerprint density at radius 3 is 2.88 bits per heavy atom. The quantitative estimate of drug-likeness (QED) is 0.169. The van der Waals surface area contributed by atoms with Gasteiger partial charge in [0.05, 0.1) is 10.9 Å². The lowest BCUT2D eigenvalue weighted by Gasteiger charge is -2.15. The van der Waals surface area contributed by atoms with E-state index in [0.717, 1.165) is 5.56 Å². The predicted octanol–water partition coefficient (Wildman–Crippen LogP) is 4.82. The first-order valence-corrected chi connectivity index (χ1v) is 12.1. The van der Waals surface area contributed by atoms with Crippen LogP contribution in [-0.2, 0) is 11.1 Å². The molecule has 2 aromatic rings. The summed E-state index contributed by atoms with van der Waals surface area (Å²) in [4.78, 5) is 18.4. The Hall–Kier alpha value is -1.34. The van der Waals surface area contributed by atoms with E-state index in [1.54, 1.807) is 18.3 Å². The molecule has 7 nitrogen and oxygen atoms in total. The van der Waals surface area contributed by atoms with E-state index in [4.69, 9.17) is 9.26 Å². The lowest BCUT2D eigenvalue weighted by Crippen LogP contribution is -2.16. The normalized spacial score (nSPS) is 11.2. The number of hydrogen-bond donors (Lipinski definition) is 0. The van der Waals surface area contributed by atoms with Gasteiger partial charge in [-0.1, -0.05) is 5.92 Å². The van der Waals surface area contributed by atoms with Gasteiger partial charge < -0.3 is 19.4 Å². The highest BCUT2D eigenvalue weighted by Crippen LogP contribution is 2.29. The molecule has 1 unspecified atom stereocenters. The fourth-order valence-electron chi connectivity index (χ4n) is 1.79. The standard InChI is InChI=1S/C16H14BrIN3O4P/c1-16(2,25-26-18)5-3-13-7-11(4-6-19-13)10-24-14-8-12(17)9-20-15(14)21(22)23/h4,6-9,26H,10H2,1-2H3. The Labute approximate surface area is 173 Å². The molecular weight excluding hydrogens is 536 g/mol. The van der Waals surface area contributed by atoms with E-state index in [-0.39, 0.29) is 18.2 Å². The highest BCUT2D eigenvalue weighted by Gasteiger charge is 2.17. The molecule has 0 aliphatic carbocycles. The molecule has 26 heavy (non-hydrogen) atoms. The first kappa shape index (κ1) is 21.0. The third kappa shape index (κ3) is 6.43. The first-order chi connectivity index (χ1) is 12.3. The molecule has 0 saturated heterocycles. The summed E-state index contributed by atoms with van der Waals surface area (Å²) in [7, 11) is 0. The van der Waals surface area contributed by atoms with Crippen molar-refractivity contribution in [2.45, 2.75) is 26.1 Å². The Morgan fingerprint density at radius 2 is 2.19 bits per heavy atom. The smallest absolute Gasteiger partial charge is 0.406 e. The minimum atomic E-state index is -0.582. The molecule has 0 aliphatic rings. The van der Waals surface area contributed by atoms with Crippen LogP contribution in [0, 0.1) is 22.0 Å². The first-order valence-electron chi connectivity index (χ1n) is 7.25. The van der Waals surface area contributed by atoms with Crippen molar-refractivity contribution >= 4 is 50.2 Å². The number of nitrogens with zero attached hydrogens (tertiary/aromatic N) is 3. The van der Waals surface area contributed by atoms with E-state index in [0.29, 0.717) is 16.6 Å². The second kappa shape index (κ2) is 9.55. The molecule has 10 heteroatoms. The van der Waals surface area contributed by atoms with Gasteiger partial charge in [-0.25, -0.2) is 4.98 Å². The molecule has 2 rings (SSSR count). The van der Waals surface area contributed by atoms with Crippen molar-refractivity contribution < 1.29 is 14.2 Å². The van der Waals surface area contributed by atoms with Crippen molar-refractivity contribution in [3.05, 3.63) is 56.4 Å². The van der Waals surface area contributed by atoms with Crippen LogP contribution in [0.4, 0.5) is 5.82 Å². The maximum Gasteiger partial charge on any atom is 0.406 e. The fraction of sp³-hybridized carbons (Fsp3) is 0.250. The summed E-state index contributed by atoms with van der Waals surface area (Å²) in [6.07, 6.45) is 2.97. The SMILES string of the molecule is CC(C)(C#Cc1cc(COc2cc(Br)cnc2[N+](=O)[O-])ccn1)OPI. The van der Waals surface area contributed by atoms with Crippen LogP contribution in [0.25, 0.3) is 0 Å². The van der Waals surface area contributed by atoms with E-state index in [1.807, 2.05) is 13.8 Å². The number of hydrogen-bond acceptors (Lipinski definition) is 6. The summed E-state index contributed by atoms with van der Waals surface area (Å²) >= 11 is 5.38. The Morgan fingerprint density at radius 1 is 1.42 bits per heavy atom. The molecule has 1 atom stereocenters. The van der Waals surface area contributed by atoms with Gasteiger partial charge in [0.15, 0.2) is 6.20 Å². The van der Waals surface area contributed by atoms with Crippen LogP contribution in [0.1, 0.15) is 25.1 Å². The summed E-state index contributed by atoms with van der Waals surface area (Å²) in [5, 5.41) is 11.0. The number of pyridine rings is 2. The van der Waals surface area contributed by atoms with Crippen LogP contribution in [0.3, 0.4) is 0 Å². The molecular formula is C16H14BrIN3O4P. The fourth-order valence-corrected chi connectivity index (χ4v) is 3.99. The maximum absolute atomic E-state index is 11.0. The topological polar surface area (TPSA) is 87.4 Å². The van der Waals surface area contributed by atoms with E-state index in [2.05, 4.69) is 59.8 Å². The second-order valence-electron chi connectivity index (χ2n) is 5.51. The lowest BCUT2D eigenvalue weighted by molar-refractivity contribution is -0.390. The molecule has 0 fully saturated rings. The van der Waals surface area contributed by atoms with E-state index in [1.165, 1.54) is 12.3 Å². The van der Waals surface area contributed by atoms with E-state index >= 15 is 0 Å². The molecule has 0 amide bonds. The van der Waals surface area contributed by atoms with Crippen LogP contribution in [-0.4, -0.2) is 20.5 Å². The van der Waals surface area contributed by atoms with Crippen LogP contribution < -0.4 is 4.74 Å². The highest BCUT2D eigenvalue weighted by molar-refractivity contribution is 14.2. The Bertz CT molecular complexity index is 870. The van der Waals surface area contributed by atoms with Gasteiger partial charge in [-0.3, -0.25) is 0 Å². The van der Waals surface area contributed by atoms with E-state index < -0.39 is 10.5 Å². The maximum atomic E-state index is 11.0. The minimum absolute atomic E-state index is 0.0893. The van der Waals surface area contributed by atoms with Gasteiger partial charge in [0.25, 0.3) is 0 Å². The summed E-state index contributed by atoms with van der Waals surface area (Å²) in [5.74, 6) is 5.76. The zero-order valence-electron chi connectivity index (χ0n) is 13.8. The number of halogens is 2. The van der Waals surface area contributed by atoms with Crippen molar-refractivity contribution in [3.63, 3.8) is 0 Å². The third-order valence-electron chi connectivity index (χ3n) is 2.98. The molecule has 0 radical (unpaired) electrons. The third-order valence-corrected chi connectivity index (χ3v) is 4.66. The molecule has 0 bridgehead atoms. The largest absolute Gasteiger partial charge is 0.481 e. The van der Waals surface area contributed by atoms with Gasteiger partial charge in [0.2, 0.25) is 5.75 Å². The zero-order valence-corrected chi connectivity index (χ0v) is 18.6. The van der Waals surface area contributed by atoms with Crippen LogP contribution >= 0.6 is 44.4 Å². The molecule has 0 saturated carbocycles. The molecule has 2 heterocycles. The van der Waals surface area contributed by atoms with Crippen LogP contribution in [0.15, 0.2) is 35.1 Å². The predicted molar refractivity (Wildman–Crippen MR) is 112 cm³/mol. The molecule has 0 aromatic carbocycles. The summed E-state index contributed by atoms with van der Waals surface area (Å²) in [6, 6.07) is 5.04. The van der Waals surface area contributed by atoms with Gasteiger partial charge in [0, 0.05) is 12.3 Å². The van der Waals surface area contributed by atoms with Crippen molar-refractivity contribution in [1.29, 1.82) is 0 Å². The number of nitro groups is 1.